The van der Waals surface area contributed by atoms with Gasteiger partial charge < -0.3 is 46.7 Å². The van der Waals surface area contributed by atoms with E-state index in [9.17, 15) is 14.4 Å². The van der Waals surface area contributed by atoms with Crippen LogP contribution in [0.5, 0.6) is 0 Å². The first kappa shape index (κ1) is 91.0. The minimum Gasteiger partial charge on any atom is -0.465 e. The topological polar surface area (TPSA) is 421 Å². The maximum absolute atomic E-state index is 11.7. The number of benzene rings is 3. The van der Waals surface area contributed by atoms with Crippen LogP contribution in [-0.2, 0) is 51.5 Å². The van der Waals surface area contributed by atoms with Crippen molar-refractivity contribution < 1.29 is 29.1 Å². The van der Waals surface area contributed by atoms with Gasteiger partial charge >= 0.3 is 11.9 Å². The number of halogens is 4. The van der Waals surface area contributed by atoms with Gasteiger partial charge in [-0.05, 0) is 176 Å². The van der Waals surface area contributed by atoms with Gasteiger partial charge in [-0.2, -0.15) is 0 Å². The first-order valence-electron chi connectivity index (χ1n) is 34.5. The smallest absolute Gasteiger partial charge is 0.337 e. The number of nitrogen functional groups attached to an aromatic ring is 3. The van der Waals surface area contributed by atoms with E-state index in [4.69, 9.17) is 31.9 Å². The molecular formula is C82H73Br4N25O6S2. The number of nitrogens with zero attached hydrogens (tertiary/aromatic N) is 20. The molecule has 0 atom stereocenters. The Morgan fingerprint density at radius 2 is 0.681 bits per heavy atom. The first-order chi connectivity index (χ1) is 57.5. The average Bonchev–Trinajstić information content (AvgIpc) is 0.821. The molecule has 602 valence electrons. The summed E-state index contributed by atoms with van der Waals surface area (Å²) in [6.07, 6.45) is 36.3. The molecule has 12 aromatic heterocycles. The molecule has 3 aromatic carbocycles. The van der Waals surface area contributed by atoms with Crippen molar-refractivity contribution in [2.24, 2.45) is 0 Å². The fraction of sp³-hybridized carbons (Fsp3) is 0.0732. The van der Waals surface area contributed by atoms with Crippen molar-refractivity contribution in [3.05, 3.63) is 345 Å². The van der Waals surface area contributed by atoms with Crippen LogP contribution in [0.25, 0.3) is 22.3 Å². The van der Waals surface area contributed by atoms with E-state index in [0.717, 1.165) is 68.6 Å². The number of hydroxylamine groups is 1. The number of hydrogen-bond acceptors (Lipinski definition) is 32. The molecule has 0 saturated carbocycles. The maximum atomic E-state index is 11.7. The number of pyridine rings is 7. The van der Waals surface area contributed by atoms with Crippen LogP contribution in [0.3, 0.4) is 0 Å². The Kier molecular flexibility index (Phi) is 37.2. The minimum atomic E-state index is -0.566. The Balaban J connectivity index is 0.000000188. The largest absolute Gasteiger partial charge is 0.465 e. The first-order valence-corrected chi connectivity index (χ1v) is 39.0. The lowest BCUT2D eigenvalue weighted by atomic mass is 10.1. The number of nitrogens with one attached hydrogen (secondary N) is 2. The van der Waals surface area contributed by atoms with Gasteiger partial charge in [0, 0.05) is 147 Å². The highest BCUT2D eigenvalue weighted by atomic mass is 79.9. The van der Waals surface area contributed by atoms with Gasteiger partial charge in [-0.15, -0.1) is 0 Å². The standard InChI is InChI=1S/C23H20N6O2.C22H19N7O2.C18H15BrN4O2.C9H7BrN4.C5H3Br2N.C4H5N3.CH4.S2/c1-31-23(30)17-4-2-16(3-5-17)15-29(22-14-25-10-11-28-22)21-13-19(7-9-27-21)18-6-8-26-20(24)12-18;23-19-11-17(5-7-25-19)18-6-8-26-20(12-18)29(21-13-24-9-10-27-21)14-15-1-3-16(4-2-15)22(30)28-31;1-25-18(24)14-4-2-13(3-5-14)12-23(17-11-20-8-9-22-17)16-10-15(19)6-7-21-16;10-7-1-2-12-8(5-7)14-9-6-11-3-4-13-9;6-4-1-2-8-5(7)3-4;5-4-3-6-1-2-7-4;;1-2/h2-14H,15H2,1H3,(H2,24,26);1-13,31H,14H2,(H2,23,25)(H,28,30);2-11H,12H2,1H3;1-6H,(H,12,13,14);1-3H;1-3H,(H2,5,7);1H4;. The zero-order valence-corrected chi connectivity index (χ0v) is 70.3. The van der Waals surface area contributed by atoms with Crippen LogP contribution in [-0.4, -0.2) is 122 Å². The van der Waals surface area contributed by atoms with E-state index in [0.29, 0.717) is 88.7 Å². The molecular weight excluding hydrogens is 1810 g/mol. The van der Waals surface area contributed by atoms with E-state index >= 15 is 0 Å². The Hall–Kier alpha value is -13.6. The molecule has 0 aliphatic heterocycles. The fourth-order valence-corrected chi connectivity index (χ4v) is 11.8. The molecule has 9 N–H and O–H groups in total. The molecule has 0 aliphatic carbocycles. The highest BCUT2D eigenvalue weighted by Gasteiger charge is 2.19. The highest BCUT2D eigenvalue weighted by molar-refractivity contribution is 9.11. The second-order valence-electron chi connectivity index (χ2n) is 23.5. The molecule has 15 rings (SSSR count). The second-order valence-corrected chi connectivity index (χ2v) is 27.1. The average molecular weight is 1890 g/mol. The predicted octanol–water partition coefficient (Wildman–Crippen LogP) is 16.0. The summed E-state index contributed by atoms with van der Waals surface area (Å²) in [4.78, 5) is 111. The number of aromatic nitrogens is 17. The summed E-state index contributed by atoms with van der Waals surface area (Å²) in [6, 6.07) is 47.8. The van der Waals surface area contributed by atoms with Crippen molar-refractivity contribution in [1.29, 1.82) is 0 Å². The molecule has 1 amide bonds. The number of esters is 2. The van der Waals surface area contributed by atoms with Crippen LogP contribution in [0, 0.1) is 0 Å². The van der Waals surface area contributed by atoms with Gasteiger partial charge in [-0.1, -0.05) is 91.6 Å². The Morgan fingerprint density at radius 3 is 1.01 bits per heavy atom. The molecule has 15 aromatic rings. The Bertz CT molecular complexity index is 5420. The lowest BCUT2D eigenvalue weighted by Crippen LogP contribution is -2.20. The van der Waals surface area contributed by atoms with Gasteiger partial charge in [-0.25, -0.2) is 74.9 Å². The zero-order chi connectivity index (χ0) is 83.8. The molecule has 12 heterocycles. The van der Waals surface area contributed by atoms with Gasteiger partial charge in [-0.3, -0.25) is 34.9 Å². The van der Waals surface area contributed by atoms with E-state index in [1.54, 1.807) is 190 Å². The number of anilines is 11. The molecule has 0 saturated heterocycles. The molecule has 37 heteroatoms. The third-order valence-electron chi connectivity index (χ3n) is 15.6. The molecule has 0 unspecified atom stereocenters. The molecule has 0 aliphatic rings. The lowest BCUT2D eigenvalue weighted by molar-refractivity contribution is 0.0592. The summed E-state index contributed by atoms with van der Waals surface area (Å²) in [5.74, 6) is 5.55. The van der Waals surface area contributed by atoms with E-state index < -0.39 is 5.91 Å². The number of amides is 1. The van der Waals surface area contributed by atoms with Crippen LogP contribution in [0.1, 0.15) is 55.2 Å². The van der Waals surface area contributed by atoms with Crippen LogP contribution in [0.2, 0.25) is 0 Å². The van der Waals surface area contributed by atoms with Crippen molar-refractivity contribution >= 4 is 168 Å². The number of methoxy groups -OCH3 is 2. The van der Waals surface area contributed by atoms with Gasteiger partial charge in [0.25, 0.3) is 5.91 Å². The number of hydrogen-bond donors (Lipinski definition) is 6. The number of nitrogens with two attached hydrogens (primary N) is 3. The monoisotopic (exact) mass is 1880 g/mol. The molecule has 0 spiro atoms. The van der Waals surface area contributed by atoms with E-state index in [1.807, 2.05) is 118 Å². The zero-order valence-electron chi connectivity index (χ0n) is 62.3. The Morgan fingerprint density at radius 1 is 0.353 bits per heavy atom. The third-order valence-corrected chi connectivity index (χ3v) is 17.6. The van der Waals surface area contributed by atoms with Gasteiger partial charge in [0.1, 0.15) is 51.1 Å². The van der Waals surface area contributed by atoms with Crippen molar-refractivity contribution in [1.82, 2.24) is 90.2 Å². The molecule has 0 radical (unpaired) electrons. The van der Waals surface area contributed by atoms with E-state index in [1.165, 1.54) is 20.4 Å². The normalized spacial score (nSPS) is 9.94. The summed E-state index contributed by atoms with van der Waals surface area (Å²) in [6.45, 7) is 1.45. The van der Waals surface area contributed by atoms with Crippen molar-refractivity contribution in [2.45, 2.75) is 27.1 Å². The maximum Gasteiger partial charge on any atom is 0.337 e. The Labute approximate surface area is 727 Å². The van der Waals surface area contributed by atoms with Gasteiger partial charge in [0.2, 0.25) is 0 Å². The van der Waals surface area contributed by atoms with Crippen molar-refractivity contribution in [3.8, 4) is 22.3 Å². The fourth-order valence-electron chi connectivity index (χ4n) is 10.2. The summed E-state index contributed by atoms with van der Waals surface area (Å²) in [5, 5.41) is 11.8. The number of carbonyl (C=O) groups is 3. The second kappa shape index (κ2) is 48.7. The van der Waals surface area contributed by atoms with Gasteiger partial charge in [0.15, 0.2) is 17.5 Å². The van der Waals surface area contributed by atoms with E-state index in [2.05, 4.69) is 176 Å². The summed E-state index contributed by atoms with van der Waals surface area (Å²) >= 11 is 20.7. The molecule has 31 nitrogen and oxygen atoms in total. The molecule has 119 heavy (non-hydrogen) atoms. The van der Waals surface area contributed by atoms with Crippen molar-refractivity contribution in [3.63, 3.8) is 0 Å². The van der Waals surface area contributed by atoms with Crippen molar-refractivity contribution in [2.75, 3.05) is 51.4 Å². The summed E-state index contributed by atoms with van der Waals surface area (Å²) in [7, 11) is 2.73. The van der Waals surface area contributed by atoms with Crippen LogP contribution < -0.4 is 42.7 Å². The van der Waals surface area contributed by atoms with Crippen LogP contribution in [0.15, 0.2) is 312 Å². The SMILES string of the molecule is Brc1ccnc(Br)c1.Brc1ccnc(Nc2cnccn2)c1.C.COC(=O)c1ccc(CN(c2cnccn2)c2cc(-c3ccnc(N)c3)ccn2)cc1.COC(=O)c1ccc(CN(c2cnccn2)c2cc(Br)ccn2)cc1.Nc1cc(-c2ccnc(N(Cc3ccc(C(=O)NO)cc3)c3cnccn3)c2)ccn1.Nc1cnccn1.S=S. The third kappa shape index (κ3) is 29.6. The lowest BCUT2D eigenvalue weighted by Gasteiger charge is -2.23. The quantitative estimate of drug-likeness (QED) is 0.0189. The summed E-state index contributed by atoms with van der Waals surface area (Å²) in [5.41, 5.74) is 26.5. The highest BCUT2D eigenvalue weighted by Crippen LogP contribution is 2.32. The predicted molar refractivity (Wildman–Crippen MR) is 475 cm³/mol. The molecule has 0 fully saturated rings. The van der Waals surface area contributed by atoms with Gasteiger partial charge in [0.05, 0.1) is 76.0 Å². The van der Waals surface area contributed by atoms with Crippen LogP contribution in [0.4, 0.5) is 64.0 Å². The summed E-state index contributed by atoms with van der Waals surface area (Å²) < 4.78 is 13.3. The van der Waals surface area contributed by atoms with Crippen LogP contribution >= 0.6 is 63.7 Å². The minimum absolute atomic E-state index is 0. The number of carbonyl (C=O) groups excluding carboxylic acids is 3. The number of ether oxygens (including phenoxy) is 2. The van der Waals surface area contributed by atoms with E-state index in [-0.39, 0.29) is 19.4 Å². The number of rotatable bonds is 19. The molecule has 0 bridgehead atoms.